The first kappa shape index (κ1) is 15.5. The van der Waals surface area contributed by atoms with Gasteiger partial charge in [-0.2, -0.15) is 0 Å². The Morgan fingerprint density at radius 1 is 1.38 bits per heavy atom. The quantitative estimate of drug-likeness (QED) is 0.855. The van der Waals surface area contributed by atoms with E-state index < -0.39 is 0 Å². The van der Waals surface area contributed by atoms with Gasteiger partial charge >= 0.3 is 0 Å². The summed E-state index contributed by atoms with van der Waals surface area (Å²) < 4.78 is 10.4. The lowest BCUT2D eigenvalue weighted by Gasteiger charge is -2.33. The third-order valence-electron chi connectivity index (χ3n) is 3.68. The molecule has 1 aromatic rings. The number of hydrogen-bond donors (Lipinski definition) is 1. The number of ether oxygens (including phenoxy) is 2. The fourth-order valence-corrected chi connectivity index (χ4v) is 2.71. The molecule has 2 rings (SSSR count). The number of carbonyl (C=O) groups excluding carboxylic acids is 1. The number of amides is 1. The van der Waals surface area contributed by atoms with Gasteiger partial charge in [0.15, 0.2) is 5.56 Å². The molecule has 0 spiro atoms. The Morgan fingerprint density at radius 2 is 2.05 bits per heavy atom. The van der Waals surface area contributed by atoms with Gasteiger partial charge in [-0.15, -0.1) is 0 Å². The SMILES string of the molecule is CNCC1CCCN(C(=O)c2c(OC)ncnc2OC)C1. The molecular formula is C14H22N4O3. The van der Waals surface area contributed by atoms with Crippen molar-refractivity contribution >= 4 is 5.91 Å². The van der Waals surface area contributed by atoms with Gasteiger partial charge in [0.2, 0.25) is 11.8 Å². The molecule has 1 aliphatic rings. The Kier molecular flexibility index (Phi) is 5.32. The zero-order valence-electron chi connectivity index (χ0n) is 12.8. The van der Waals surface area contributed by atoms with E-state index >= 15 is 0 Å². The first-order valence-corrected chi connectivity index (χ1v) is 7.08. The number of methoxy groups -OCH3 is 2. The zero-order valence-corrected chi connectivity index (χ0v) is 12.8. The van der Waals surface area contributed by atoms with Crippen molar-refractivity contribution < 1.29 is 14.3 Å². The Hall–Kier alpha value is -1.89. The highest BCUT2D eigenvalue weighted by molar-refractivity contribution is 5.98. The molecule has 0 saturated carbocycles. The van der Waals surface area contributed by atoms with E-state index in [9.17, 15) is 4.79 Å². The summed E-state index contributed by atoms with van der Waals surface area (Å²) in [6.07, 6.45) is 3.45. The second-order valence-electron chi connectivity index (χ2n) is 5.08. The number of nitrogens with zero attached hydrogens (tertiary/aromatic N) is 3. The highest BCUT2D eigenvalue weighted by atomic mass is 16.5. The average Bonchev–Trinajstić information content (AvgIpc) is 2.54. The van der Waals surface area contributed by atoms with Gasteiger partial charge in [0, 0.05) is 13.1 Å². The zero-order chi connectivity index (χ0) is 15.2. The lowest BCUT2D eigenvalue weighted by atomic mass is 9.97. The Morgan fingerprint density at radius 3 is 2.62 bits per heavy atom. The summed E-state index contributed by atoms with van der Waals surface area (Å²) in [5, 5.41) is 3.17. The van der Waals surface area contributed by atoms with Crippen molar-refractivity contribution in [3.63, 3.8) is 0 Å². The lowest BCUT2D eigenvalue weighted by molar-refractivity contribution is 0.0665. The Labute approximate surface area is 124 Å². The fourth-order valence-electron chi connectivity index (χ4n) is 2.71. The van der Waals surface area contributed by atoms with Crippen molar-refractivity contribution in [2.75, 3.05) is 40.9 Å². The molecule has 1 aliphatic heterocycles. The summed E-state index contributed by atoms with van der Waals surface area (Å²) in [5.41, 5.74) is 0.299. The van der Waals surface area contributed by atoms with Crippen molar-refractivity contribution in [2.45, 2.75) is 12.8 Å². The van der Waals surface area contributed by atoms with Crippen LogP contribution in [0.15, 0.2) is 6.33 Å². The molecule has 1 saturated heterocycles. The first-order chi connectivity index (χ1) is 10.2. The van der Waals surface area contributed by atoms with E-state index in [4.69, 9.17) is 9.47 Å². The van der Waals surface area contributed by atoms with E-state index in [1.54, 1.807) is 0 Å². The van der Waals surface area contributed by atoms with Crippen LogP contribution >= 0.6 is 0 Å². The van der Waals surface area contributed by atoms with Crippen molar-refractivity contribution in [1.82, 2.24) is 20.2 Å². The predicted molar refractivity (Wildman–Crippen MR) is 77.7 cm³/mol. The van der Waals surface area contributed by atoms with Crippen LogP contribution in [-0.4, -0.2) is 61.7 Å². The monoisotopic (exact) mass is 294 g/mol. The van der Waals surface area contributed by atoms with Gasteiger partial charge in [-0.05, 0) is 32.4 Å². The summed E-state index contributed by atoms with van der Waals surface area (Å²) in [6.45, 7) is 2.37. The molecule has 116 valence electrons. The van der Waals surface area contributed by atoms with E-state index in [-0.39, 0.29) is 17.7 Å². The molecule has 0 aromatic carbocycles. The smallest absolute Gasteiger partial charge is 0.264 e. The molecule has 2 heterocycles. The molecule has 0 bridgehead atoms. The summed E-state index contributed by atoms with van der Waals surface area (Å²) in [6, 6.07) is 0. The largest absolute Gasteiger partial charge is 0.480 e. The maximum Gasteiger partial charge on any atom is 0.264 e. The van der Waals surface area contributed by atoms with Gasteiger partial charge < -0.3 is 19.7 Å². The number of carbonyl (C=O) groups is 1. The van der Waals surface area contributed by atoms with Crippen LogP contribution in [0.25, 0.3) is 0 Å². The molecule has 0 radical (unpaired) electrons. The topological polar surface area (TPSA) is 76.6 Å². The molecular weight excluding hydrogens is 272 g/mol. The molecule has 0 aliphatic carbocycles. The molecule has 1 amide bonds. The summed E-state index contributed by atoms with van der Waals surface area (Å²) in [5.74, 6) is 0.838. The number of piperidine rings is 1. The molecule has 7 nitrogen and oxygen atoms in total. The molecule has 21 heavy (non-hydrogen) atoms. The Bertz CT molecular complexity index is 471. The van der Waals surface area contributed by atoms with Crippen molar-refractivity contribution in [3.8, 4) is 11.8 Å². The number of aromatic nitrogens is 2. The normalized spacial score (nSPS) is 18.4. The third kappa shape index (κ3) is 3.41. The van der Waals surface area contributed by atoms with Gasteiger partial charge in [-0.25, -0.2) is 9.97 Å². The van der Waals surface area contributed by atoms with Crippen LogP contribution in [0.5, 0.6) is 11.8 Å². The van der Waals surface area contributed by atoms with Crippen LogP contribution in [0.3, 0.4) is 0 Å². The van der Waals surface area contributed by atoms with Gasteiger partial charge in [0.1, 0.15) is 6.33 Å². The molecule has 1 unspecified atom stereocenters. The maximum absolute atomic E-state index is 12.8. The number of nitrogens with one attached hydrogen (secondary N) is 1. The minimum atomic E-state index is -0.134. The average molecular weight is 294 g/mol. The van der Waals surface area contributed by atoms with E-state index in [0.29, 0.717) is 11.5 Å². The van der Waals surface area contributed by atoms with Crippen LogP contribution in [-0.2, 0) is 0 Å². The lowest BCUT2D eigenvalue weighted by Crippen LogP contribution is -2.42. The van der Waals surface area contributed by atoms with E-state index in [0.717, 1.165) is 32.5 Å². The van der Waals surface area contributed by atoms with Crippen molar-refractivity contribution in [1.29, 1.82) is 0 Å². The van der Waals surface area contributed by atoms with Gasteiger partial charge in [0.25, 0.3) is 5.91 Å². The fraction of sp³-hybridized carbons (Fsp3) is 0.643. The number of rotatable bonds is 5. The highest BCUT2D eigenvalue weighted by Gasteiger charge is 2.29. The van der Waals surface area contributed by atoms with E-state index in [1.165, 1.54) is 20.5 Å². The summed E-state index contributed by atoms with van der Waals surface area (Å²) in [4.78, 5) is 22.6. The molecule has 7 heteroatoms. The molecule has 1 atom stereocenters. The maximum atomic E-state index is 12.8. The summed E-state index contributed by atoms with van der Waals surface area (Å²) in [7, 11) is 4.90. The van der Waals surface area contributed by atoms with Crippen LogP contribution < -0.4 is 14.8 Å². The van der Waals surface area contributed by atoms with Crippen LogP contribution in [0.4, 0.5) is 0 Å². The minimum absolute atomic E-state index is 0.134. The first-order valence-electron chi connectivity index (χ1n) is 7.08. The predicted octanol–water partition coefficient (Wildman–Crippen LogP) is 0.565. The van der Waals surface area contributed by atoms with E-state index in [1.807, 2.05) is 11.9 Å². The highest BCUT2D eigenvalue weighted by Crippen LogP contribution is 2.27. The van der Waals surface area contributed by atoms with Crippen LogP contribution in [0.2, 0.25) is 0 Å². The van der Waals surface area contributed by atoms with Crippen molar-refractivity contribution in [3.05, 3.63) is 11.9 Å². The Balaban J connectivity index is 2.23. The number of likely N-dealkylation sites (tertiary alicyclic amines) is 1. The van der Waals surface area contributed by atoms with Gasteiger partial charge in [-0.3, -0.25) is 4.79 Å². The van der Waals surface area contributed by atoms with Crippen molar-refractivity contribution in [2.24, 2.45) is 5.92 Å². The van der Waals surface area contributed by atoms with Crippen LogP contribution in [0, 0.1) is 5.92 Å². The molecule has 1 aromatic heterocycles. The second-order valence-corrected chi connectivity index (χ2v) is 5.08. The second kappa shape index (κ2) is 7.21. The third-order valence-corrected chi connectivity index (χ3v) is 3.68. The summed E-state index contributed by atoms with van der Waals surface area (Å²) >= 11 is 0. The van der Waals surface area contributed by atoms with Gasteiger partial charge in [-0.1, -0.05) is 0 Å². The standard InChI is InChI=1S/C14H22N4O3/c1-15-7-10-5-4-6-18(8-10)14(19)11-12(20-2)16-9-17-13(11)21-3/h9-10,15H,4-8H2,1-3H3. The van der Waals surface area contributed by atoms with E-state index in [2.05, 4.69) is 15.3 Å². The van der Waals surface area contributed by atoms with Gasteiger partial charge in [0.05, 0.1) is 14.2 Å². The minimum Gasteiger partial charge on any atom is -0.480 e. The van der Waals surface area contributed by atoms with Crippen LogP contribution in [0.1, 0.15) is 23.2 Å². The molecule has 1 fully saturated rings. The number of hydrogen-bond acceptors (Lipinski definition) is 6. The molecule has 1 N–H and O–H groups in total.